The summed E-state index contributed by atoms with van der Waals surface area (Å²) in [5.41, 5.74) is 0.378. The van der Waals surface area contributed by atoms with Gasteiger partial charge in [0.15, 0.2) is 0 Å². The third kappa shape index (κ3) is 5.65. The fraction of sp³-hybridized carbons (Fsp3) is 0.647. The van der Waals surface area contributed by atoms with Crippen LogP contribution in [-0.4, -0.2) is 15.8 Å². The van der Waals surface area contributed by atoms with Crippen molar-refractivity contribution in [2.24, 2.45) is 0 Å². The van der Waals surface area contributed by atoms with Crippen molar-refractivity contribution in [3.05, 3.63) is 29.8 Å². The molecular formula is C17H28O2. The average Bonchev–Trinajstić information content (AvgIpc) is 2.42. The molecule has 0 radical (unpaired) electrons. The van der Waals surface area contributed by atoms with Crippen molar-refractivity contribution in [3.63, 3.8) is 0 Å². The van der Waals surface area contributed by atoms with E-state index in [1.165, 1.54) is 0 Å². The van der Waals surface area contributed by atoms with Crippen molar-refractivity contribution in [2.45, 2.75) is 70.8 Å². The largest absolute Gasteiger partial charge is 0.508 e. The number of benzene rings is 1. The van der Waals surface area contributed by atoms with Gasteiger partial charge < -0.3 is 10.2 Å². The number of aromatic hydroxyl groups is 1. The Balaban J connectivity index is 2.59. The monoisotopic (exact) mass is 264 g/mol. The van der Waals surface area contributed by atoms with E-state index in [1.54, 1.807) is 6.07 Å². The lowest BCUT2D eigenvalue weighted by molar-refractivity contribution is 0.0104. The summed E-state index contributed by atoms with van der Waals surface area (Å²) in [6.45, 7) is 4.31. The lowest BCUT2D eigenvalue weighted by Gasteiger charge is -2.28. The maximum atomic E-state index is 10.7. The molecule has 2 heteroatoms. The van der Waals surface area contributed by atoms with E-state index in [4.69, 9.17) is 0 Å². The molecule has 0 aliphatic heterocycles. The zero-order valence-corrected chi connectivity index (χ0v) is 12.4. The van der Waals surface area contributed by atoms with E-state index < -0.39 is 5.60 Å². The summed E-state index contributed by atoms with van der Waals surface area (Å²) in [5, 5.41) is 20.5. The minimum absolute atomic E-state index is 0.343. The fourth-order valence-electron chi connectivity index (χ4n) is 2.48. The first-order chi connectivity index (χ1) is 9.11. The molecule has 0 fully saturated rings. The van der Waals surface area contributed by atoms with Crippen molar-refractivity contribution in [1.82, 2.24) is 0 Å². The third-order valence-electron chi connectivity index (χ3n) is 3.84. The van der Waals surface area contributed by atoms with Crippen LogP contribution in [0.4, 0.5) is 0 Å². The molecule has 19 heavy (non-hydrogen) atoms. The first-order valence-corrected chi connectivity index (χ1v) is 7.60. The molecule has 0 unspecified atom stereocenters. The number of phenols is 1. The SMILES string of the molecule is CCCCC(O)(CCCC)CCc1ccccc1O. The number of unbranched alkanes of at least 4 members (excludes halogenated alkanes) is 2. The summed E-state index contributed by atoms with van der Waals surface area (Å²) in [6.07, 6.45) is 7.60. The summed E-state index contributed by atoms with van der Waals surface area (Å²) < 4.78 is 0. The molecule has 0 amide bonds. The molecule has 0 saturated heterocycles. The van der Waals surface area contributed by atoms with Gasteiger partial charge in [-0.15, -0.1) is 0 Å². The van der Waals surface area contributed by atoms with Crippen molar-refractivity contribution in [3.8, 4) is 5.75 Å². The number of phenolic OH excluding ortho intramolecular Hbond substituents is 1. The molecule has 1 rings (SSSR count). The van der Waals surface area contributed by atoms with E-state index in [0.29, 0.717) is 5.75 Å². The van der Waals surface area contributed by atoms with Crippen LogP contribution in [0.5, 0.6) is 5.75 Å². The van der Waals surface area contributed by atoms with E-state index >= 15 is 0 Å². The van der Waals surface area contributed by atoms with Crippen LogP contribution >= 0.6 is 0 Å². The molecule has 1 aromatic rings. The maximum Gasteiger partial charge on any atom is 0.118 e. The smallest absolute Gasteiger partial charge is 0.118 e. The molecule has 2 N–H and O–H groups in total. The van der Waals surface area contributed by atoms with Crippen molar-refractivity contribution >= 4 is 0 Å². The second-order valence-electron chi connectivity index (χ2n) is 5.56. The first kappa shape index (κ1) is 16.0. The van der Waals surface area contributed by atoms with Crippen LogP contribution in [0.25, 0.3) is 0 Å². The molecule has 0 aliphatic rings. The summed E-state index contributed by atoms with van der Waals surface area (Å²) in [5.74, 6) is 0.343. The van der Waals surface area contributed by atoms with Gasteiger partial charge in [-0.3, -0.25) is 0 Å². The Hall–Kier alpha value is -1.02. The molecule has 2 nitrogen and oxygen atoms in total. The number of hydrogen-bond donors (Lipinski definition) is 2. The normalized spacial score (nSPS) is 11.7. The van der Waals surface area contributed by atoms with Gasteiger partial charge in [-0.1, -0.05) is 57.7 Å². The van der Waals surface area contributed by atoms with E-state index in [1.807, 2.05) is 18.2 Å². The highest BCUT2D eigenvalue weighted by Gasteiger charge is 2.25. The number of rotatable bonds is 9. The standard InChI is InChI=1S/C17H28O2/c1-3-5-12-17(19,13-6-4-2)14-11-15-9-7-8-10-16(15)18/h7-10,18-19H,3-6,11-14H2,1-2H3. The van der Waals surface area contributed by atoms with E-state index in [9.17, 15) is 10.2 Å². The van der Waals surface area contributed by atoms with Crippen molar-refractivity contribution < 1.29 is 10.2 Å². The topological polar surface area (TPSA) is 40.5 Å². The second-order valence-corrected chi connectivity index (χ2v) is 5.56. The van der Waals surface area contributed by atoms with Gasteiger partial charge in [0, 0.05) is 0 Å². The fourth-order valence-corrected chi connectivity index (χ4v) is 2.48. The van der Waals surface area contributed by atoms with E-state index in [2.05, 4.69) is 13.8 Å². The third-order valence-corrected chi connectivity index (χ3v) is 3.84. The Morgan fingerprint density at radius 2 is 1.53 bits per heavy atom. The number of para-hydroxylation sites is 1. The van der Waals surface area contributed by atoms with Gasteiger partial charge in [0.25, 0.3) is 0 Å². The van der Waals surface area contributed by atoms with Crippen molar-refractivity contribution in [2.75, 3.05) is 0 Å². The molecule has 0 bridgehead atoms. The molecule has 0 heterocycles. The van der Waals surface area contributed by atoms with E-state index in [0.717, 1.165) is 56.9 Å². The van der Waals surface area contributed by atoms with Crippen LogP contribution in [-0.2, 0) is 6.42 Å². The van der Waals surface area contributed by atoms with Crippen LogP contribution in [0.3, 0.4) is 0 Å². The highest BCUT2D eigenvalue weighted by Crippen LogP contribution is 2.28. The quantitative estimate of drug-likeness (QED) is 0.692. The predicted octanol–water partition coefficient (Wildman–Crippen LogP) is 4.44. The zero-order chi connectivity index (χ0) is 14.1. The van der Waals surface area contributed by atoms with Crippen LogP contribution in [0, 0.1) is 0 Å². The lowest BCUT2D eigenvalue weighted by atomic mass is 9.85. The lowest BCUT2D eigenvalue weighted by Crippen LogP contribution is -2.29. The van der Waals surface area contributed by atoms with Crippen LogP contribution in [0.15, 0.2) is 24.3 Å². The molecule has 0 saturated carbocycles. The summed E-state index contributed by atoms with van der Waals surface area (Å²) in [4.78, 5) is 0. The average molecular weight is 264 g/mol. The van der Waals surface area contributed by atoms with Gasteiger partial charge in [-0.2, -0.15) is 0 Å². The Morgan fingerprint density at radius 3 is 2.05 bits per heavy atom. The van der Waals surface area contributed by atoms with Gasteiger partial charge in [0.05, 0.1) is 5.60 Å². The summed E-state index contributed by atoms with van der Waals surface area (Å²) in [6, 6.07) is 7.42. The van der Waals surface area contributed by atoms with Gasteiger partial charge in [0.1, 0.15) is 5.75 Å². The van der Waals surface area contributed by atoms with Crippen LogP contribution in [0.2, 0.25) is 0 Å². The summed E-state index contributed by atoms with van der Waals surface area (Å²) in [7, 11) is 0. The van der Waals surface area contributed by atoms with Gasteiger partial charge in [-0.25, -0.2) is 0 Å². The predicted molar refractivity (Wildman–Crippen MR) is 80.4 cm³/mol. The molecular weight excluding hydrogens is 236 g/mol. The van der Waals surface area contributed by atoms with Crippen LogP contribution < -0.4 is 0 Å². The Bertz CT molecular complexity index is 352. The Kier molecular flexibility index (Phi) is 6.93. The minimum Gasteiger partial charge on any atom is -0.508 e. The summed E-state index contributed by atoms with van der Waals surface area (Å²) >= 11 is 0. The molecule has 0 aromatic heterocycles. The number of aliphatic hydroxyl groups is 1. The van der Waals surface area contributed by atoms with E-state index in [-0.39, 0.29) is 0 Å². The van der Waals surface area contributed by atoms with Gasteiger partial charge in [-0.05, 0) is 37.3 Å². The molecule has 108 valence electrons. The van der Waals surface area contributed by atoms with Gasteiger partial charge >= 0.3 is 0 Å². The zero-order valence-electron chi connectivity index (χ0n) is 12.4. The van der Waals surface area contributed by atoms with Crippen molar-refractivity contribution in [1.29, 1.82) is 0 Å². The van der Waals surface area contributed by atoms with Crippen LogP contribution in [0.1, 0.15) is 64.4 Å². The second kappa shape index (κ2) is 8.21. The number of hydrogen-bond acceptors (Lipinski definition) is 2. The number of aryl methyl sites for hydroxylation is 1. The Morgan fingerprint density at radius 1 is 0.947 bits per heavy atom. The molecule has 0 spiro atoms. The first-order valence-electron chi connectivity index (χ1n) is 7.60. The Labute approximate surface area is 117 Å². The molecule has 0 aliphatic carbocycles. The highest BCUT2D eigenvalue weighted by molar-refractivity contribution is 5.31. The highest BCUT2D eigenvalue weighted by atomic mass is 16.3. The minimum atomic E-state index is -0.561. The maximum absolute atomic E-state index is 10.7. The molecule has 1 aromatic carbocycles. The molecule has 0 atom stereocenters. The van der Waals surface area contributed by atoms with Gasteiger partial charge in [0.2, 0.25) is 0 Å².